The van der Waals surface area contributed by atoms with Gasteiger partial charge >= 0.3 is 18.2 Å². The number of hydrogen-bond donors (Lipinski definition) is 1. The molecule has 0 bridgehead atoms. The van der Waals surface area contributed by atoms with Crippen LogP contribution in [-0.4, -0.2) is 30.9 Å². The first-order chi connectivity index (χ1) is 13.1. The van der Waals surface area contributed by atoms with E-state index in [2.05, 4.69) is 14.8 Å². The maximum Gasteiger partial charge on any atom is 0.516 e. The van der Waals surface area contributed by atoms with Crippen molar-refractivity contribution in [2.45, 2.75) is 26.0 Å². The molecule has 1 atom stereocenters. The third kappa shape index (κ3) is 7.19. The van der Waals surface area contributed by atoms with Crippen LogP contribution in [0.1, 0.15) is 18.1 Å². The molecule has 2 aromatic rings. The lowest BCUT2D eigenvalue weighted by Gasteiger charge is -2.17. The highest BCUT2D eigenvalue weighted by Gasteiger charge is 2.26. The number of esters is 1. The van der Waals surface area contributed by atoms with E-state index in [4.69, 9.17) is 4.74 Å². The molecule has 1 N–H and O–H groups in total. The van der Waals surface area contributed by atoms with Crippen molar-refractivity contribution in [1.29, 1.82) is 0 Å². The first-order valence-corrected chi connectivity index (χ1v) is 8.48. The van der Waals surface area contributed by atoms with Crippen molar-refractivity contribution < 1.29 is 28.6 Å². The molecule has 2 aromatic carbocycles. The van der Waals surface area contributed by atoms with E-state index in [1.807, 2.05) is 36.4 Å². The van der Waals surface area contributed by atoms with Gasteiger partial charge in [-0.3, -0.25) is 0 Å². The van der Waals surface area contributed by atoms with Crippen LogP contribution >= 0.6 is 0 Å². The molecular formula is C20H21NO6. The van der Waals surface area contributed by atoms with Gasteiger partial charge < -0.3 is 19.5 Å². The molecule has 142 valence electrons. The second-order valence-electron chi connectivity index (χ2n) is 5.55. The molecule has 7 nitrogen and oxygen atoms in total. The number of alkyl carbamates (subject to hydrolysis) is 1. The van der Waals surface area contributed by atoms with Gasteiger partial charge in [-0.05, 0) is 18.1 Å². The Bertz CT molecular complexity index is 748. The van der Waals surface area contributed by atoms with Crippen LogP contribution in [0.15, 0.2) is 60.7 Å². The summed E-state index contributed by atoms with van der Waals surface area (Å²) in [6.07, 6.45) is -1.76. The quantitative estimate of drug-likeness (QED) is 0.594. The average Bonchev–Trinajstić information content (AvgIpc) is 2.67. The minimum absolute atomic E-state index is 0.0532. The molecule has 27 heavy (non-hydrogen) atoms. The van der Waals surface area contributed by atoms with Crippen LogP contribution in [0.4, 0.5) is 9.59 Å². The molecule has 7 heteroatoms. The third-order valence-corrected chi connectivity index (χ3v) is 3.52. The summed E-state index contributed by atoms with van der Waals surface area (Å²) >= 11 is 0. The molecule has 0 saturated carbocycles. The Kier molecular flexibility index (Phi) is 7.84. The monoisotopic (exact) mass is 371 g/mol. The molecule has 2 rings (SSSR count). The summed E-state index contributed by atoms with van der Waals surface area (Å²) in [5, 5.41) is 2.44. The van der Waals surface area contributed by atoms with Gasteiger partial charge in [-0.1, -0.05) is 60.7 Å². The van der Waals surface area contributed by atoms with Crippen molar-refractivity contribution in [3.05, 3.63) is 71.8 Å². The van der Waals surface area contributed by atoms with E-state index in [1.165, 1.54) is 0 Å². The SMILES string of the molecule is CCOC(=O)OC(=O)[C@H](Cc1ccccc1)NC(=O)OCc1ccccc1. The van der Waals surface area contributed by atoms with Gasteiger partial charge in [0.2, 0.25) is 0 Å². The van der Waals surface area contributed by atoms with Crippen molar-refractivity contribution >= 4 is 18.2 Å². The smallest absolute Gasteiger partial charge is 0.445 e. The van der Waals surface area contributed by atoms with Gasteiger partial charge in [-0.2, -0.15) is 0 Å². The zero-order valence-electron chi connectivity index (χ0n) is 14.9. The fourth-order valence-corrected chi connectivity index (χ4v) is 2.25. The van der Waals surface area contributed by atoms with E-state index in [1.54, 1.807) is 31.2 Å². The normalized spacial score (nSPS) is 11.1. The molecule has 0 aliphatic carbocycles. The van der Waals surface area contributed by atoms with Gasteiger partial charge in [0.15, 0.2) is 0 Å². The van der Waals surface area contributed by atoms with E-state index in [-0.39, 0.29) is 19.6 Å². The number of carbonyl (C=O) groups is 3. The lowest BCUT2D eigenvalue weighted by atomic mass is 10.1. The minimum Gasteiger partial charge on any atom is -0.445 e. The third-order valence-electron chi connectivity index (χ3n) is 3.52. The summed E-state index contributed by atoms with van der Waals surface area (Å²) in [7, 11) is 0. The highest BCUT2D eigenvalue weighted by Crippen LogP contribution is 2.07. The molecule has 0 aliphatic heterocycles. The molecule has 0 aromatic heterocycles. The van der Waals surface area contributed by atoms with E-state index in [0.29, 0.717) is 0 Å². The number of rotatable bonds is 7. The second-order valence-corrected chi connectivity index (χ2v) is 5.55. The van der Waals surface area contributed by atoms with Crippen LogP contribution in [0.3, 0.4) is 0 Å². The van der Waals surface area contributed by atoms with Crippen molar-refractivity contribution in [1.82, 2.24) is 5.32 Å². The summed E-state index contributed by atoms with van der Waals surface area (Å²) in [6, 6.07) is 17.0. The Morgan fingerprint density at radius 1 is 0.889 bits per heavy atom. The summed E-state index contributed by atoms with van der Waals surface area (Å²) < 4.78 is 14.3. The largest absolute Gasteiger partial charge is 0.516 e. The van der Waals surface area contributed by atoms with Gasteiger partial charge in [0.25, 0.3) is 0 Å². The number of ether oxygens (including phenoxy) is 3. The molecule has 0 fully saturated rings. The second kappa shape index (κ2) is 10.6. The summed E-state index contributed by atoms with van der Waals surface area (Å²) in [6.45, 7) is 1.71. The number of nitrogens with one attached hydrogen (secondary N) is 1. The predicted molar refractivity (Wildman–Crippen MR) is 96.8 cm³/mol. The van der Waals surface area contributed by atoms with Crippen LogP contribution in [0.25, 0.3) is 0 Å². The molecule has 0 spiro atoms. The summed E-state index contributed by atoms with van der Waals surface area (Å²) in [4.78, 5) is 35.7. The topological polar surface area (TPSA) is 90.9 Å². The van der Waals surface area contributed by atoms with E-state index in [0.717, 1.165) is 11.1 Å². The zero-order chi connectivity index (χ0) is 19.5. The predicted octanol–water partition coefficient (Wildman–Crippen LogP) is 3.22. The first kappa shape index (κ1) is 20.0. The Balaban J connectivity index is 1.98. The van der Waals surface area contributed by atoms with Crippen molar-refractivity contribution in [3.63, 3.8) is 0 Å². The standard InChI is InChI=1S/C20H21NO6/c1-2-25-20(24)27-18(22)17(13-15-9-5-3-6-10-15)21-19(23)26-14-16-11-7-4-8-12-16/h3-12,17H,2,13-14H2,1H3,(H,21,23)/t17-/m0/s1. The maximum atomic E-state index is 12.2. The van der Waals surface area contributed by atoms with E-state index >= 15 is 0 Å². The molecule has 0 heterocycles. The molecule has 0 saturated heterocycles. The molecule has 0 unspecified atom stereocenters. The van der Waals surface area contributed by atoms with E-state index < -0.39 is 24.3 Å². The molecule has 0 aliphatic rings. The Morgan fingerprint density at radius 2 is 1.48 bits per heavy atom. The Hall–Kier alpha value is -3.35. The number of amides is 1. The van der Waals surface area contributed by atoms with Crippen LogP contribution in [-0.2, 0) is 32.0 Å². The van der Waals surface area contributed by atoms with Crippen molar-refractivity contribution in [3.8, 4) is 0 Å². The minimum atomic E-state index is -1.11. The van der Waals surface area contributed by atoms with Crippen LogP contribution in [0, 0.1) is 0 Å². The molecule has 0 radical (unpaired) electrons. The van der Waals surface area contributed by atoms with Crippen LogP contribution in [0.5, 0.6) is 0 Å². The molecule has 1 amide bonds. The van der Waals surface area contributed by atoms with Gasteiger partial charge in [0.1, 0.15) is 12.6 Å². The van der Waals surface area contributed by atoms with Gasteiger partial charge in [-0.15, -0.1) is 0 Å². The van der Waals surface area contributed by atoms with Gasteiger partial charge in [-0.25, -0.2) is 14.4 Å². The fraction of sp³-hybridized carbons (Fsp3) is 0.250. The highest BCUT2D eigenvalue weighted by atomic mass is 16.7. The van der Waals surface area contributed by atoms with Crippen LogP contribution < -0.4 is 5.32 Å². The number of carbonyl (C=O) groups excluding carboxylic acids is 3. The molecular weight excluding hydrogens is 350 g/mol. The van der Waals surface area contributed by atoms with Crippen molar-refractivity contribution in [2.24, 2.45) is 0 Å². The Labute approximate surface area is 157 Å². The van der Waals surface area contributed by atoms with E-state index in [9.17, 15) is 14.4 Å². The van der Waals surface area contributed by atoms with Crippen LogP contribution in [0.2, 0.25) is 0 Å². The average molecular weight is 371 g/mol. The fourth-order valence-electron chi connectivity index (χ4n) is 2.25. The number of benzene rings is 2. The Morgan fingerprint density at radius 3 is 2.07 bits per heavy atom. The zero-order valence-corrected chi connectivity index (χ0v) is 14.9. The number of hydrogen-bond acceptors (Lipinski definition) is 6. The lowest BCUT2D eigenvalue weighted by Crippen LogP contribution is -2.44. The summed E-state index contributed by atoms with van der Waals surface area (Å²) in [5.74, 6) is -0.922. The van der Waals surface area contributed by atoms with Gasteiger partial charge in [0.05, 0.1) is 6.61 Å². The van der Waals surface area contributed by atoms with Crippen molar-refractivity contribution in [2.75, 3.05) is 6.61 Å². The lowest BCUT2D eigenvalue weighted by molar-refractivity contribution is -0.142. The first-order valence-electron chi connectivity index (χ1n) is 8.48. The summed E-state index contributed by atoms with van der Waals surface area (Å²) in [5.41, 5.74) is 1.59. The maximum absolute atomic E-state index is 12.2. The highest BCUT2D eigenvalue weighted by molar-refractivity contribution is 5.88. The van der Waals surface area contributed by atoms with Gasteiger partial charge in [0, 0.05) is 6.42 Å².